The maximum absolute atomic E-state index is 12.5. The number of alkyl halides is 2. The van der Waals surface area contributed by atoms with Crippen LogP contribution in [0.5, 0.6) is 0 Å². The summed E-state index contributed by atoms with van der Waals surface area (Å²) in [5, 5.41) is 2.54. The van der Waals surface area contributed by atoms with Crippen LogP contribution in [0.25, 0.3) is 0 Å². The molecular formula is C17H18F2N2O3S2. The summed E-state index contributed by atoms with van der Waals surface area (Å²) < 4.78 is 50.4. The molecule has 0 aromatic heterocycles. The number of halogens is 2. The minimum Gasteiger partial charge on any atom is -0.325 e. The molecule has 0 aliphatic rings. The van der Waals surface area contributed by atoms with Crippen molar-refractivity contribution in [1.82, 2.24) is 4.31 Å². The lowest BCUT2D eigenvalue weighted by atomic mass is 10.2. The number of anilines is 1. The third kappa shape index (κ3) is 5.52. The highest BCUT2D eigenvalue weighted by Gasteiger charge is 2.22. The van der Waals surface area contributed by atoms with Crippen LogP contribution in [-0.4, -0.2) is 38.0 Å². The molecule has 0 aliphatic heterocycles. The Morgan fingerprint density at radius 3 is 2.23 bits per heavy atom. The number of sulfonamides is 1. The zero-order chi connectivity index (χ0) is 19.3. The van der Waals surface area contributed by atoms with Gasteiger partial charge in [0.15, 0.2) is 0 Å². The van der Waals surface area contributed by atoms with E-state index in [4.69, 9.17) is 0 Å². The van der Waals surface area contributed by atoms with Crippen LogP contribution in [0.4, 0.5) is 14.5 Å². The van der Waals surface area contributed by atoms with Crippen LogP contribution in [0.1, 0.15) is 5.56 Å². The van der Waals surface area contributed by atoms with Gasteiger partial charge in [0.05, 0.1) is 11.4 Å². The van der Waals surface area contributed by atoms with Crippen LogP contribution in [0, 0.1) is 6.92 Å². The van der Waals surface area contributed by atoms with Gasteiger partial charge in [0.2, 0.25) is 15.9 Å². The smallest absolute Gasteiger partial charge is 0.288 e. The fourth-order valence-electron chi connectivity index (χ4n) is 2.10. The molecule has 140 valence electrons. The zero-order valence-electron chi connectivity index (χ0n) is 14.1. The summed E-state index contributed by atoms with van der Waals surface area (Å²) in [5.74, 6) is -3.05. The molecule has 1 N–H and O–H groups in total. The van der Waals surface area contributed by atoms with E-state index in [9.17, 15) is 22.0 Å². The molecule has 9 heteroatoms. The van der Waals surface area contributed by atoms with Crippen molar-refractivity contribution in [2.75, 3.05) is 18.9 Å². The van der Waals surface area contributed by atoms with Gasteiger partial charge in [0.25, 0.3) is 5.76 Å². The van der Waals surface area contributed by atoms with Gasteiger partial charge < -0.3 is 5.32 Å². The van der Waals surface area contributed by atoms with Gasteiger partial charge in [-0.1, -0.05) is 29.5 Å². The Bertz CT molecular complexity index is 855. The van der Waals surface area contributed by atoms with Gasteiger partial charge in [-0.15, -0.1) is 0 Å². The minimum atomic E-state index is -3.78. The predicted octanol–water partition coefficient (Wildman–Crippen LogP) is 3.57. The molecule has 0 atom stereocenters. The highest BCUT2D eigenvalue weighted by molar-refractivity contribution is 7.99. The quantitative estimate of drug-likeness (QED) is 0.722. The molecule has 0 spiro atoms. The molecule has 0 bridgehead atoms. The number of likely N-dealkylation sites (N-methyl/N-ethyl adjacent to an activating group) is 1. The molecule has 0 fully saturated rings. The first-order valence-corrected chi connectivity index (χ1v) is 9.88. The summed E-state index contributed by atoms with van der Waals surface area (Å²) in [4.78, 5) is 12.6. The van der Waals surface area contributed by atoms with Crippen LogP contribution >= 0.6 is 11.8 Å². The molecule has 2 rings (SSSR count). The molecule has 0 saturated carbocycles. The van der Waals surface area contributed by atoms with Crippen LogP contribution in [-0.2, 0) is 14.8 Å². The van der Waals surface area contributed by atoms with Gasteiger partial charge in [-0.3, -0.25) is 4.79 Å². The van der Waals surface area contributed by atoms with Gasteiger partial charge in [0, 0.05) is 17.6 Å². The normalized spacial score (nSPS) is 11.8. The molecule has 0 radical (unpaired) electrons. The van der Waals surface area contributed by atoms with Crippen LogP contribution in [0.2, 0.25) is 0 Å². The molecule has 0 aliphatic carbocycles. The average molecular weight is 400 g/mol. The minimum absolute atomic E-state index is 0.103. The van der Waals surface area contributed by atoms with Crippen molar-refractivity contribution in [3.63, 3.8) is 0 Å². The first kappa shape index (κ1) is 20.3. The SMILES string of the molecule is Cc1ccc(S(=O)(=O)N(C)CC(=O)Nc2ccc(SC(F)F)cc2)cc1. The van der Waals surface area contributed by atoms with Crippen molar-refractivity contribution in [2.24, 2.45) is 0 Å². The molecule has 26 heavy (non-hydrogen) atoms. The lowest BCUT2D eigenvalue weighted by Crippen LogP contribution is -2.34. The first-order valence-electron chi connectivity index (χ1n) is 7.56. The highest BCUT2D eigenvalue weighted by Crippen LogP contribution is 2.26. The lowest BCUT2D eigenvalue weighted by Gasteiger charge is -2.17. The molecule has 1 amide bonds. The number of carbonyl (C=O) groups is 1. The molecule has 0 heterocycles. The summed E-state index contributed by atoms with van der Waals surface area (Å²) in [6.07, 6.45) is 0. The third-order valence-electron chi connectivity index (χ3n) is 3.46. The standard InChI is InChI=1S/C17H18F2N2O3S2/c1-12-3-9-15(10-4-12)26(23,24)21(2)11-16(22)20-13-5-7-14(8-6-13)25-17(18)19/h3-10,17H,11H2,1-2H3,(H,20,22). The molecular weight excluding hydrogens is 382 g/mol. The average Bonchev–Trinajstić information content (AvgIpc) is 2.56. The van der Waals surface area contributed by atoms with E-state index < -0.39 is 21.7 Å². The van der Waals surface area contributed by atoms with E-state index in [1.165, 1.54) is 43.4 Å². The summed E-state index contributed by atoms with van der Waals surface area (Å²) in [5.41, 5.74) is 1.33. The molecule has 2 aromatic rings. The van der Waals surface area contributed by atoms with Crippen LogP contribution in [0.15, 0.2) is 58.3 Å². The monoisotopic (exact) mass is 400 g/mol. The molecule has 0 unspecified atom stereocenters. The van der Waals surface area contributed by atoms with E-state index in [0.717, 1.165) is 9.87 Å². The van der Waals surface area contributed by atoms with Crippen molar-refractivity contribution in [3.05, 3.63) is 54.1 Å². The fourth-order valence-corrected chi connectivity index (χ4v) is 3.72. The van der Waals surface area contributed by atoms with Crippen molar-refractivity contribution >= 4 is 33.4 Å². The number of hydrogen-bond donors (Lipinski definition) is 1. The maximum Gasteiger partial charge on any atom is 0.288 e. The van der Waals surface area contributed by atoms with Gasteiger partial charge >= 0.3 is 0 Å². The van der Waals surface area contributed by atoms with Crippen molar-refractivity contribution < 1.29 is 22.0 Å². The van der Waals surface area contributed by atoms with E-state index in [-0.39, 0.29) is 11.4 Å². The van der Waals surface area contributed by atoms with Crippen molar-refractivity contribution in [3.8, 4) is 0 Å². The number of aryl methyl sites for hydroxylation is 1. The maximum atomic E-state index is 12.5. The highest BCUT2D eigenvalue weighted by atomic mass is 32.2. The fraction of sp³-hybridized carbons (Fsp3) is 0.235. The summed E-state index contributed by atoms with van der Waals surface area (Å²) >= 11 is 0.405. The van der Waals surface area contributed by atoms with E-state index in [0.29, 0.717) is 22.3 Å². The zero-order valence-corrected chi connectivity index (χ0v) is 15.8. The van der Waals surface area contributed by atoms with Gasteiger partial charge in [-0.05, 0) is 43.3 Å². The summed E-state index contributed by atoms with van der Waals surface area (Å²) in [6.45, 7) is 1.47. The molecule has 2 aromatic carbocycles. The van der Waals surface area contributed by atoms with E-state index in [1.807, 2.05) is 6.92 Å². The van der Waals surface area contributed by atoms with Crippen LogP contribution in [0.3, 0.4) is 0 Å². The number of nitrogens with one attached hydrogen (secondary N) is 1. The van der Waals surface area contributed by atoms with Gasteiger partial charge in [-0.25, -0.2) is 8.42 Å². The summed E-state index contributed by atoms with van der Waals surface area (Å²) in [6, 6.07) is 12.2. The van der Waals surface area contributed by atoms with Gasteiger partial charge in [0.1, 0.15) is 0 Å². The Hall–Kier alpha value is -1.97. The summed E-state index contributed by atoms with van der Waals surface area (Å²) in [7, 11) is -2.46. The van der Waals surface area contributed by atoms with Crippen LogP contribution < -0.4 is 5.32 Å². The second kappa shape index (κ2) is 8.61. The topological polar surface area (TPSA) is 66.5 Å². The lowest BCUT2D eigenvalue weighted by molar-refractivity contribution is -0.116. The Morgan fingerprint density at radius 2 is 1.69 bits per heavy atom. The number of nitrogens with zero attached hydrogens (tertiary/aromatic N) is 1. The number of hydrogen-bond acceptors (Lipinski definition) is 4. The number of amides is 1. The molecule has 0 saturated heterocycles. The van der Waals surface area contributed by atoms with Gasteiger partial charge in [-0.2, -0.15) is 13.1 Å². The number of thioether (sulfide) groups is 1. The number of carbonyl (C=O) groups excluding carboxylic acids is 1. The van der Waals surface area contributed by atoms with E-state index in [2.05, 4.69) is 5.32 Å². The third-order valence-corrected chi connectivity index (χ3v) is 6.00. The Labute approximate surface area is 155 Å². The number of benzene rings is 2. The second-order valence-electron chi connectivity index (χ2n) is 5.53. The Morgan fingerprint density at radius 1 is 1.12 bits per heavy atom. The Balaban J connectivity index is 1.99. The largest absolute Gasteiger partial charge is 0.325 e. The van der Waals surface area contributed by atoms with E-state index >= 15 is 0 Å². The second-order valence-corrected chi connectivity index (χ2v) is 8.63. The van der Waals surface area contributed by atoms with Crippen molar-refractivity contribution in [1.29, 1.82) is 0 Å². The Kier molecular flexibility index (Phi) is 6.74. The number of rotatable bonds is 7. The van der Waals surface area contributed by atoms with E-state index in [1.54, 1.807) is 12.1 Å². The first-order chi connectivity index (χ1) is 12.2. The van der Waals surface area contributed by atoms with Crippen molar-refractivity contribution in [2.45, 2.75) is 22.5 Å². The predicted molar refractivity (Wildman–Crippen MR) is 97.9 cm³/mol. The molecule has 5 nitrogen and oxygen atoms in total.